The zero-order valence-corrected chi connectivity index (χ0v) is 16.9. The summed E-state index contributed by atoms with van der Waals surface area (Å²) in [5.74, 6) is 0.827. The molecule has 0 radical (unpaired) electrons. The minimum absolute atomic E-state index is 0. The highest BCUT2D eigenvalue weighted by atomic mass is 35.5. The zero-order chi connectivity index (χ0) is 18.4. The van der Waals surface area contributed by atoms with Crippen molar-refractivity contribution in [2.75, 3.05) is 32.2 Å². The van der Waals surface area contributed by atoms with E-state index < -0.39 is 5.41 Å². The highest BCUT2D eigenvalue weighted by molar-refractivity contribution is 7.99. The molecule has 5 nitrogen and oxygen atoms in total. The Morgan fingerprint density at radius 3 is 2.19 bits per heavy atom. The first kappa shape index (κ1) is 21.6. The van der Waals surface area contributed by atoms with Crippen LogP contribution in [-0.4, -0.2) is 32.8 Å². The molecule has 0 saturated carbocycles. The largest absolute Gasteiger partial charge is 0.497 e. The Morgan fingerprint density at radius 1 is 1.11 bits per heavy atom. The van der Waals surface area contributed by atoms with Crippen LogP contribution < -0.4 is 15.8 Å². The van der Waals surface area contributed by atoms with Gasteiger partial charge in [0.2, 0.25) is 5.91 Å². The first-order valence-electron chi connectivity index (χ1n) is 8.66. The summed E-state index contributed by atoms with van der Waals surface area (Å²) in [5.41, 5.74) is 6.16. The van der Waals surface area contributed by atoms with E-state index in [0.717, 1.165) is 21.2 Å². The van der Waals surface area contributed by atoms with Gasteiger partial charge >= 0.3 is 0 Å². The number of anilines is 1. The number of carbonyl (C=O) groups excluding carboxylic acids is 1. The molecule has 2 aromatic rings. The van der Waals surface area contributed by atoms with Crippen molar-refractivity contribution in [2.45, 2.75) is 22.6 Å². The number of nitrogens with one attached hydrogen (secondary N) is 1. The molecule has 0 atom stereocenters. The van der Waals surface area contributed by atoms with Gasteiger partial charge in [0.1, 0.15) is 5.75 Å². The van der Waals surface area contributed by atoms with Gasteiger partial charge in [-0.05, 0) is 61.4 Å². The van der Waals surface area contributed by atoms with Gasteiger partial charge in [-0.2, -0.15) is 0 Å². The van der Waals surface area contributed by atoms with E-state index in [9.17, 15) is 4.79 Å². The molecule has 0 unspecified atom stereocenters. The summed E-state index contributed by atoms with van der Waals surface area (Å²) in [6.45, 7) is 1.51. The number of carbonyl (C=O) groups is 1. The third-order valence-corrected chi connectivity index (χ3v) is 5.75. The average molecular weight is 409 g/mol. The molecule has 0 aliphatic carbocycles. The van der Waals surface area contributed by atoms with E-state index in [1.54, 1.807) is 18.9 Å². The fourth-order valence-electron chi connectivity index (χ4n) is 2.94. The van der Waals surface area contributed by atoms with Crippen LogP contribution in [0.5, 0.6) is 5.75 Å². The molecule has 146 valence electrons. The van der Waals surface area contributed by atoms with Crippen LogP contribution in [0.3, 0.4) is 0 Å². The Balaban J connectivity index is 0.00000261. The first-order chi connectivity index (χ1) is 12.6. The van der Waals surface area contributed by atoms with Gasteiger partial charge in [0, 0.05) is 35.2 Å². The Kier molecular flexibility index (Phi) is 7.98. The lowest BCUT2D eigenvalue weighted by molar-refractivity contribution is -0.130. The Hall–Kier alpha value is -1.73. The van der Waals surface area contributed by atoms with Gasteiger partial charge in [-0.15, -0.1) is 12.4 Å². The summed E-state index contributed by atoms with van der Waals surface area (Å²) >= 11 is 1.66. The molecule has 3 rings (SSSR count). The molecule has 1 fully saturated rings. The van der Waals surface area contributed by atoms with E-state index in [2.05, 4.69) is 5.32 Å². The van der Waals surface area contributed by atoms with Crippen molar-refractivity contribution in [1.29, 1.82) is 0 Å². The van der Waals surface area contributed by atoms with E-state index in [4.69, 9.17) is 15.2 Å². The molecule has 1 amide bonds. The predicted molar refractivity (Wildman–Crippen MR) is 111 cm³/mol. The Morgan fingerprint density at radius 2 is 1.67 bits per heavy atom. The molecular weight excluding hydrogens is 384 g/mol. The maximum absolute atomic E-state index is 12.7. The number of benzene rings is 2. The van der Waals surface area contributed by atoms with Crippen LogP contribution in [0, 0.1) is 5.41 Å². The second kappa shape index (κ2) is 9.99. The van der Waals surface area contributed by atoms with Crippen molar-refractivity contribution >= 4 is 35.8 Å². The smallest absolute Gasteiger partial charge is 0.232 e. The van der Waals surface area contributed by atoms with E-state index in [-0.39, 0.29) is 18.3 Å². The summed E-state index contributed by atoms with van der Waals surface area (Å²) in [4.78, 5) is 14.9. The molecule has 1 aliphatic heterocycles. The molecule has 0 aromatic heterocycles. The van der Waals surface area contributed by atoms with E-state index in [1.165, 1.54) is 0 Å². The maximum atomic E-state index is 12.7. The molecule has 27 heavy (non-hydrogen) atoms. The SMILES string of the molecule is COc1ccc(Sc2ccc(NC(=O)C3(CN)CCOCC3)cc2)cc1.Cl. The molecule has 1 aliphatic rings. The normalized spacial score (nSPS) is 15.5. The molecule has 0 spiro atoms. The Bertz CT molecular complexity index is 732. The number of methoxy groups -OCH3 is 1. The van der Waals surface area contributed by atoms with Crippen molar-refractivity contribution in [3.05, 3.63) is 48.5 Å². The number of amides is 1. The van der Waals surface area contributed by atoms with Gasteiger partial charge in [-0.1, -0.05) is 11.8 Å². The lowest BCUT2D eigenvalue weighted by Gasteiger charge is -2.34. The molecule has 7 heteroatoms. The summed E-state index contributed by atoms with van der Waals surface area (Å²) in [6, 6.07) is 15.8. The van der Waals surface area contributed by atoms with Crippen LogP contribution in [0.15, 0.2) is 58.3 Å². The third-order valence-electron chi connectivity index (χ3n) is 4.73. The van der Waals surface area contributed by atoms with Crippen LogP contribution in [-0.2, 0) is 9.53 Å². The van der Waals surface area contributed by atoms with Crippen molar-refractivity contribution in [2.24, 2.45) is 11.1 Å². The number of rotatable bonds is 6. The van der Waals surface area contributed by atoms with Gasteiger partial charge in [-0.25, -0.2) is 0 Å². The molecule has 1 heterocycles. The van der Waals surface area contributed by atoms with Crippen LogP contribution in [0.25, 0.3) is 0 Å². The molecule has 0 bridgehead atoms. The summed E-state index contributed by atoms with van der Waals surface area (Å²) < 4.78 is 10.5. The van der Waals surface area contributed by atoms with E-state index >= 15 is 0 Å². The summed E-state index contributed by atoms with van der Waals surface area (Å²) in [6.07, 6.45) is 1.33. The van der Waals surface area contributed by atoms with Crippen molar-refractivity contribution < 1.29 is 14.3 Å². The quantitative estimate of drug-likeness (QED) is 0.756. The first-order valence-corrected chi connectivity index (χ1v) is 9.48. The molecule has 3 N–H and O–H groups in total. The zero-order valence-electron chi connectivity index (χ0n) is 15.3. The van der Waals surface area contributed by atoms with Gasteiger partial charge in [0.15, 0.2) is 0 Å². The van der Waals surface area contributed by atoms with Crippen LogP contribution >= 0.6 is 24.2 Å². The van der Waals surface area contributed by atoms with E-state index in [1.807, 2.05) is 48.5 Å². The fourth-order valence-corrected chi connectivity index (χ4v) is 3.75. The predicted octanol–water partition coefficient (Wildman–Crippen LogP) is 3.96. The van der Waals surface area contributed by atoms with Gasteiger partial charge in [0.25, 0.3) is 0 Å². The highest BCUT2D eigenvalue weighted by Gasteiger charge is 2.38. The lowest BCUT2D eigenvalue weighted by atomic mass is 9.79. The van der Waals surface area contributed by atoms with Crippen LogP contribution in [0.2, 0.25) is 0 Å². The van der Waals surface area contributed by atoms with Gasteiger partial charge < -0.3 is 20.5 Å². The van der Waals surface area contributed by atoms with Crippen molar-refractivity contribution in [3.63, 3.8) is 0 Å². The second-order valence-corrected chi connectivity index (χ2v) is 7.50. The number of nitrogens with two attached hydrogens (primary N) is 1. The standard InChI is InChI=1S/C20H24N2O3S.ClH/c1-24-16-4-8-18(9-5-16)26-17-6-2-15(3-7-17)22-19(23)20(14-21)10-12-25-13-11-20;/h2-9H,10-14,21H2,1H3,(H,22,23);1H. The minimum atomic E-state index is -0.519. The maximum Gasteiger partial charge on any atom is 0.232 e. The monoisotopic (exact) mass is 408 g/mol. The molecule has 1 saturated heterocycles. The van der Waals surface area contributed by atoms with Crippen LogP contribution in [0.1, 0.15) is 12.8 Å². The second-order valence-electron chi connectivity index (χ2n) is 6.35. The fraction of sp³-hybridized carbons (Fsp3) is 0.350. The van der Waals surface area contributed by atoms with E-state index in [0.29, 0.717) is 32.6 Å². The number of halogens is 1. The summed E-state index contributed by atoms with van der Waals surface area (Å²) in [7, 11) is 1.66. The molecule has 2 aromatic carbocycles. The topological polar surface area (TPSA) is 73.6 Å². The number of hydrogen-bond donors (Lipinski definition) is 2. The average Bonchev–Trinajstić information content (AvgIpc) is 2.70. The van der Waals surface area contributed by atoms with Crippen molar-refractivity contribution in [3.8, 4) is 5.75 Å². The van der Waals surface area contributed by atoms with Gasteiger partial charge in [0.05, 0.1) is 12.5 Å². The Labute approximate surface area is 170 Å². The van der Waals surface area contributed by atoms with Crippen LogP contribution in [0.4, 0.5) is 5.69 Å². The number of ether oxygens (including phenoxy) is 2. The lowest BCUT2D eigenvalue weighted by Crippen LogP contribution is -2.46. The van der Waals surface area contributed by atoms with Crippen molar-refractivity contribution in [1.82, 2.24) is 0 Å². The minimum Gasteiger partial charge on any atom is -0.497 e. The highest BCUT2D eigenvalue weighted by Crippen LogP contribution is 2.32. The summed E-state index contributed by atoms with van der Waals surface area (Å²) in [5, 5.41) is 3.01. The molecular formula is C20H25ClN2O3S. The third kappa shape index (κ3) is 5.39. The van der Waals surface area contributed by atoms with Gasteiger partial charge in [-0.3, -0.25) is 4.79 Å². The number of hydrogen-bond acceptors (Lipinski definition) is 5.